The predicted octanol–water partition coefficient (Wildman–Crippen LogP) is 4.29. The molecule has 0 aliphatic carbocycles. The summed E-state index contributed by atoms with van der Waals surface area (Å²) >= 11 is 0. The number of carbonyl (C=O) groups is 1. The largest absolute Gasteiger partial charge is 0.493 e. The van der Waals surface area contributed by atoms with Gasteiger partial charge in [0.15, 0.2) is 23.1 Å². The van der Waals surface area contributed by atoms with Crippen molar-refractivity contribution in [2.45, 2.75) is 12.8 Å². The summed E-state index contributed by atoms with van der Waals surface area (Å²) in [4.78, 5) is 19.2. The molecule has 0 radical (unpaired) electrons. The molecule has 5 rings (SSSR count). The van der Waals surface area contributed by atoms with Crippen molar-refractivity contribution < 1.29 is 19.0 Å². The molecular formula is C28H31N7O4. The Morgan fingerprint density at radius 2 is 1.62 bits per heavy atom. The molecule has 1 aliphatic heterocycles. The highest BCUT2D eigenvalue weighted by atomic mass is 16.5. The van der Waals surface area contributed by atoms with Crippen LogP contribution in [0.15, 0.2) is 67.3 Å². The molecule has 2 aromatic heterocycles. The van der Waals surface area contributed by atoms with Gasteiger partial charge < -0.3 is 34.3 Å². The molecule has 2 N–H and O–H groups in total. The van der Waals surface area contributed by atoms with Crippen molar-refractivity contribution in [1.82, 2.24) is 19.7 Å². The normalized spacial score (nSPS) is 13.6. The number of carbonyl (C=O) groups excluding carboxylic acids is 1. The third-order valence-electron chi connectivity index (χ3n) is 6.71. The van der Waals surface area contributed by atoms with Gasteiger partial charge in [-0.3, -0.25) is 4.79 Å². The number of hydrogen-bond donors (Lipinski definition) is 2. The maximum absolute atomic E-state index is 13.0. The maximum Gasteiger partial charge on any atom is 0.227 e. The summed E-state index contributed by atoms with van der Waals surface area (Å²) in [6.45, 7) is 1.43. The van der Waals surface area contributed by atoms with Gasteiger partial charge in [0.2, 0.25) is 11.7 Å². The molecule has 4 aromatic rings. The first-order valence-electron chi connectivity index (χ1n) is 12.6. The predicted molar refractivity (Wildman–Crippen MR) is 149 cm³/mol. The average molecular weight is 530 g/mol. The van der Waals surface area contributed by atoms with Crippen LogP contribution in [0.1, 0.15) is 12.8 Å². The van der Waals surface area contributed by atoms with Crippen molar-refractivity contribution in [2.24, 2.45) is 5.92 Å². The summed E-state index contributed by atoms with van der Waals surface area (Å²) in [6, 6.07) is 15.3. The molecule has 3 heterocycles. The Bertz CT molecular complexity index is 1360. The second-order valence-electron chi connectivity index (χ2n) is 9.08. The molecule has 0 unspecified atom stereocenters. The Morgan fingerprint density at radius 3 is 2.18 bits per heavy atom. The number of amides is 1. The zero-order valence-corrected chi connectivity index (χ0v) is 22.1. The number of rotatable bonds is 9. The van der Waals surface area contributed by atoms with Gasteiger partial charge in [-0.2, -0.15) is 0 Å². The molecule has 1 amide bonds. The molecule has 0 atom stereocenters. The van der Waals surface area contributed by atoms with Gasteiger partial charge in [-0.25, -0.2) is 4.98 Å². The lowest BCUT2D eigenvalue weighted by Gasteiger charge is -2.31. The molecular weight excluding hydrogens is 498 g/mol. The Morgan fingerprint density at radius 1 is 0.897 bits per heavy atom. The highest BCUT2D eigenvalue weighted by Crippen LogP contribution is 2.40. The molecule has 1 aliphatic rings. The number of nitrogens with zero attached hydrogens (tertiary/aromatic N) is 5. The van der Waals surface area contributed by atoms with Crippen LogP contribution in [0.25, 0.3) is 5.69 Å². The lowest BCUT2D eigenvalue weighted by molar-refractivity contribution is -0.120. The lowest BCUT2D eigenvalue weighted by atomic mass is 9.95. The number of ether oxygens (including phenoxy) is 3. The number of nitrogens with one attached hydrogen (secondary N) is 2. The lowest BCUT2D eigenvalue weighted by Crippen LogP contribution is -2.38. The molecule has 1 saturated heterocycles. The zero-order valence-electron chi connectivity index (χ0n) is 22.1. The Labute approximate surface area is 226 Å². The van der Waals surface area contributed by atoms with E-state index in [0.29, 0.717) is 54.7 Å². The van der Waals surface area contributed by atoms with E-state index < -0.39 is 0 Å². The minimum Gasteiger partial charge on any atom is -0.493 e. The van der Waals surface area contributed by atoms with Gasteiger partial charge in [0.25, 0.3) is 0 Å². The second kappa shape index (κ2) is 11.7. The van der Waals surface area contributed by atoms with Crippen molar-refractivity contribution in [3.8, 4) is 22.9 Å². The van der Waals surface area contributed by atoms with E-state index in [1.807, 2.05) is 47.2 Å². The van der Waals surface area contributed by atoms with Gasteiger partial charge in [-0.1, -0.05) is 0 Å². The summed E-state index contributed by atoms with van der Waals surface area (Å²) in [6.07, 6.45) is 6.83. The Balaban J connectivity index is 1.14. The molecule has 0 bridgehead atoms. The maximum atomic E-state index is 13.0. The number of piperidine rings is 1. The average Bonchev–Trinajstić information content (AvgIpc) is 3.53. The standard InChI is InChI=1S/C28H31N7O4/c1-37-23-16-21(17-24(38-2)27(23)39-3)31-28(36)19-10-13-34(14-11-19)26-9-8-25(32-33-26)30-20-4-6-22(7-5-20)35-15-12-29-18-35/h4-9,12,15-19H,10-11,13-14H2,1-3H3,(H,30,32)(H,31,36). The first-order valence-corrected chi connectivity index (χ1v) is 12.6. The van der Waals surface area contributed by atoms with Crippen molar-refractivity contribution in [3.05, 3.63) is 67.3 Å². The highest BCUT2D eigenvalue weighted by Gasteiger charge is 2.26. The zero-order chi connectivity index (χ0) is 27.2. The Kier molecular flexibility index (Phi) is 7.76. The van der Waals surface area contributed by atoms with Gasteiger partial charge in [0.05, 0.1) is 27.7 Å². The van der Waals surface area contributed by atoms with Crippen LogP contribution in [0.5, 0.6) is 17.2 Å². The number of aromatic nitrogens is 4. The number of hydrogen-bond acceptors (Lipinski definition) is 9. The summed E-state index contributed by atoms with van der Waals surface area (Å²) in [5.41, 5.74) is 2.54. The monoisotopic (exact) mass is 529 g/mol. The first-order chi connectivity index (χ1) is 19.1. The van der Waals surface area contributed by atoms with Crippen LogP contribution in [-0.4, -0.2) is 60.1 Å². The number of methoxy groups -OCH3 is 3. The number of benzene rings is 2. The van der Waals surface area contributed by atoms with E-state index in [9.17, 15) is 4.79 Å². The fourth-order valence-corrected chi connectivity index (χ4v) is 4.61. The second-order valence-corrected chi connectivity index (χ2v) is 9.08. The summed E-state index contributed by atoms with van der Waals surface area (Å²) in [5, 5.41) is 15.0. The van der Waals surface area contributed by atoms with Crippen LogP contribution in [0.3, 0.4) is 0 Å². The molecule has 1 fully saturated rings. The molecule has 39 heavy (non-hydrogen) atoms. The minimum atomic E-state index is -0.112. The summed E-state index contributed by atoms with van der Waals surface area (Å²) in [5.74, 6) is 2.77. The smallest absolute Gasteiger partial charge is 0.227 e. The highest BCUT2D eigenvalue weighted by molar-refractivity contribution is 5.93. The van der Waals surface area contributed by atoms with Crippen LogP contribution in [0.4, 0.5) is 23.0 Å². The number of imidazole rings is 1. The van der Waals surface area contributed by atoms with E-state index in [1.54, 1.807) is 46.0 Å². The Hall–Kier alpha value is -4.80. The molecule has 0 spiro atoms. The third-order valence-corrected chi connectivity index (χ3v) is 6.71. The quantitative estimate of drug-likeness (QED) is 0.328. The van der Waals surface area contributed by atoms with Crippen molar-refractivity contribution in [2.75, 3.05) is 50.0 Å². The molecule has 0 saturated carbocycles. The van der Waals surface area contributed by atoms with Crippen LogP contribution in [0, 0.1) is 5.92 Å². The summed E-state index contributed by atoms with van der Waals surface area (Å²) < 4.78 is 18.1. The number of anilines is 4. The van der Waals surface area contributed by atoms with Crippen LogP contribution < -0.4 is 29.7 Å². The van der Waals surface area contributed by atoms with Crippen LogP contribution >= 0.6 is 0 Å². The van der Waals surface area contributed by atoms with E-state index >= 15 is 0 Å². The van der Waals surface area contributed by atoms with Crippen molar-refractivity contribution in [1.29, 1.82) is 0 Å². The van der Waals surface area contributed by atoms with Crippen molar-refractivity contribution in [3.63, 3.8) is 0 Å². The van der Waals surface area contributed by atoms with Crippen LogP contribution in [0.2, 0.25) is 0 Å². The van der Waals surface area contributed by atoms with E-state index in [-0.39, 0.29) is 11.8 Å². The van der Waals surface area contributed by atoms with E-state index in [2.05, 4.69) is 30.7 Å². The van der Waals surface area contributed by atoms with Gasteiger partial charge in [0, 0.05) is 60.6 Å². The van der Waals surface area contributed by atoms with Gasteiger partial charge >= 0.3 is 0 Å². The molecule has 11 nitrogen and oxygen atoms in total. The SMILES string of the molecule is COc1cc(NC(=O)C2CCN(c3ccc(Nc4ccc(-n5ccnc5)cc4)nn3)CC2)cc(OC)c1OC. The van der Waals surface area contributed by atoms with Gasteiger partial charge in [0.1, 0.15) is 0 Å². The third kappa shape index (κ3) is 5.87. The first kappa shape index (κ1) is 25.8. The fourth-order valence-electron chi connectivity index (χ4n) is 4.61. The molecule has 11 heteroatoms. The van der Waals surface area contributed by atoms with E-state index in [0.717, 1.165) is 17.2 Å². The van der Waals surface area contributed by atoms with Gasteiger partial charge in [-0.15, -0.1) is 10.2 Å². The van der Waals surface area contributed by atoms with Gasteiger partial charge in [-0.05, 0) is 49.2 Å². The van der Waals surface area contributed by atoms with Crippen LogP contribution in [-0.2, 0) is 4.79 Å². The fraction of sp³-hybridized carbons (Fsp3) is 0.286. The van der Waals surface area contributed by atoms with Crippen molar-refractivity contribution >= 4 is 28.9 Å². The summed E-state index contributed by atoms with van der Waals surface area (Å²) in [7, 11) is 4.64. The van der Waals surface area contributed by atoms with E-state index in [1.165, 1.54) is 0 Å². The minimum absolute atomic E-state index is 0.0337. The molecule has 2 aromatic carbocycles. The topological polar surface area (TPSA) is 116 Å². The molecule has 202 valence electrons. The van der Waals surface area contributed by atoms with E-state index in [4.69, 9.17) is 14.2 Å².